The molecule has 3 aliphatic rings. The molecule has 1 aromatic carbocycles. The van der Waals surface area contributed by atoms with Crippen LogP contribution in [0.4, 0.5) is 10.1 Å². The van der Waals surface area contributed by atoms with Gasteiger partial charge in [0.1, 0.15) is 11.5 Å². The second kappa shape index (κ2) is 6.67. The smallest absolute Gasteiger partial charge is 0.270 e. The van der Waals surface area contributed by atoms with Gasteiger partial charge >= 0.3 is 0 Å². The van der Waals surface area contributed by atoms with E-state index in [1.807, 2.05) is 35.2 Å². The fourth-order valence-electron chi connectivity index (χ4n) is 4.63. The Balaban J connectivity index is 1.17. The molecular weight excluding hydrogens is 359 g/mol. The molecule has 2 amide bonds. The van der Waals surface area contributed by atoms with E-state index in [2.05, 4.69) is 15.2 Å². The SMILES string of the molecule is O=C(NC1[C@H]2CN(C3CCN(c4ccccc4)C3=O)C[C@@H]12)c1ccc(F)cn1. The predicted octanol–water partition coefficient (Wildman–Crippen LogP) is 1.69. The summed E-state index contributed by atoms with van der Waals surface area (Å²) in [4.78, 5) is 33.1. The number of likely N-dealkylation sites (tertiary alicyclic amines) is 1. The highest BCUT2D eigenvalue weighted by molar-refractivity contribution is 5.99. The Hall–Kier alpha value is -2.80. The first-order chi connectivity index (χ1) is 13.6. The van der Waals surface area contributed by atoms with Crippen LogP contribution in [0.5, 0.6) is 0 Å². The van der Waals surface area contributed by atoms with Crippen molar-refractivity contribution >= 4 is 17.5 Å². The molecule has 28 heavy (non-hydrogen) atoms. The number of para-hydroxylation sites is 1. The number of pyridine rings is 1. The maximum absolute atomic E-state index is 12.9. The lowest BCUT2D eigenvalue weighted by Gasteiger charge is -2.26. The van der Waals surface area contributed by atoms with Gasteiger partial charge in [0.15, 0.2) is 0 Å². The minimum absolute atomic E-state index is 0.0666. The van der Waals surface area contributed by atoms with Gasteiger partial charge in [0.2, 0.25) is 5.91 Å². The topological polar surface area (TPSA) is 65.5 Å². The number of nitrogens with zero attached hydrogens (tertiary/aromatic N) is 3. The van der Waals surface area contributed by atoms with Gasteiger partial charge in [-0.25, -0.2) is 9.37 Å². The van der Waals surface area contributed by atoms with Gasteiger partial charge < -0.3 is 10.2 Å². The van der Waals surface area contributed by atoms with Crippen LogP contribution < -0.4 is 10.2 Å². The third kappa shape index (κ3) is 2.96. The quantitative estimate of drug-likeness (QED) is 0.877. The molecule has 1 aromatic heterocycles. The minimum Gasteiger partial charge on any atom is -0.347 e. The van der Waals surface area contributed by atoms with Crippen molar-refractivity contribution in [2.24, 2.45) is 11.8 Å². The fourth-order valence-corrected chi connectivity index (χ4v) is 4.63. The van der Waals surface area contributed by atoms with Crippen molar-refractivity contribution in [1.82, 2.24) is 15.2 Å². The number of hydrogen-bond donors (Lipinski definition) is 1. The first kappa shape index (κ1) is 17.3. The Morgan fingerprint density at radius 2 is 1.86 bits per heavy atom. The van der Waals surface area contributed by atoms with Crippen molar-refractivity contribution in [3.8, 4) is 0 Å². The summed E-state index contributed by atoms with van der Waals surface area (Å²) in [6.45, 7) is 2.40. The number of aromatic nitrogens is 1. The molecule has 0 radical (unpaired) electrons. The highest BCUT2D eigenvalue weighted by atomic mass is 19.1. The second-order valence-corrected chi connectivity index (χ2v) is 7.77. The average molecular weight is 380 g/mol. The van der Waals surface area contributed by atoms with Gasteiger partial charge in [0.25, 0.3) is 5.91 Å². The summed E-state index contributed by atoms with van der Waals surface area (Å²) < 4.78 is 12.9. The number of piperidine rings is 1. The van der Waals surface area contributed by atoms with Crippen LogP contribution in [0, 0.1) is 17.7 Å². The molecular formula is C21H21FN4O2. The van der Waals surface area contributed by atoms with E-state index in [0.29, 0.717) is 11.8 Å². The van der Waals surface area contributed by atoms with Crippen molar-refractivity contribution in [2.75, 3.05) is 24.5 Å². The number of carbonyl (C=O) groups excluding carboxylic acids is 2. The van der Waals surface area contributed by atoms with Gasteiger partial charge in [-0.3, -0.25) is 14.5 Å². The zero-order valence-corrected chi connectivity index (χ0v) is 15.3. The summed E-state index contributed by atoms with van der Waals surface area (Å²) in [7, 11) is 0. The molecule has 4 atom stereocenters. The van der Waals surface area contributed by atoms with E-state index in [4.69, 9.17) is 0 Å². The van der Waals surface area contributed by atoms with E-state index in [1.165, 1.54) is 12.1 Å². The van der Waals surface area contributed by atoms with E-state index in [1.54, 1.807) is 0 Å². The summed E-state index contributed by atoms with van der Waals surface area (Å²) in [6, 6.07) is 12.5. The van der Waals surface area contributed by atoms with Crippen molar-refractivity contribution in [3.63, 3.8) is 0 Å². The van der Waals surface area contributed by atoms with Crippen molar-refractivity contribution in [1.29, 1.82) is 0 Å². The summed E-state index contributed by atoms with van der Waals surface area (Å²) in [6.07, 6.45) is 1.89. The fraction of sp³-hybridized carbons (Fsp3) is 0.381. The first-order valence-corrected chi connectivity index (χ1v) is 9.65. The van der Waals surface area contributed by atoms with E-state index >= 15 is 0 Å². The number of nitrogens with one attached hydrogen (secondary N) is 1. The lowest BCUT2D eigenvalue weighted by atomic mass is 10.2. The van der Waals surface area contributed by atoms with Crippen molar-refractivity contribution in [3.05, 3.63) is 60.2 Å². The second-order valence-electron chi connectivity index (χ2n) is 7.77. The molecule has 6 nitrogen and oxygen atoms in total. The third-order valence-corrected chi connectivity index (χ3v) is 6.17. The van der Waals surface area contributed by atoms with Crippen LogP contribution >= 0.6 is 0 Å². The van der Waals surface area contributed by atoms with E-state index in [-0.39, 0.29) is 29.6 Å². The zero-order chi connectivity index (χ0) is 19.3. The third-order valence-electron chi connectivity index (χ3n) is 6.17. The number of hydrogen-bond acceptors (Lipinski definition) is 4. The normalized spacial score (nSPS) is 29.0. The van der Waals surface area contributed by atoms with Crippen LogP contribution in [0.3, 0.4) is 0 Å². The maximum atomic E-state index is 12.9. The van der Waals surface area contributed by atoms with Crippen LogP contribution in [-0.4, -0.2) is 53.4 Å². The number of rotatable bonds is 4. The molecule has 2 unspecified atom stereocenters. The average Bonchev–Trinajstić information content (AvgIpc) is 3.05. The van der Waals surface area contributed by atoms with Crippen LogP contribution in [0.1, 0.15) is 16.9 Å². The molecule has 0 bridgehead atoms. The minimum atomic E-state index is -0.457. The van der Waals surface area contributed by atoms with E-state index in [9.17, 15) is 14.0 Å². The predicted molar refractivity (Wildman–Crippen MR) is 101 cm³/mol. The van der Waals surface area contributed by atoms with E-state index < -0.39 is 5.82 Å². The summed E-state index contributed by atoms with van der Waals surface area (Å²) in [5.41, 5.74) is 1.18. The molecule has 1 N–H and O–H groups in total. The molecule has 144 valence electrons. The Bertz CT molecular complexity index is 892. The molecule has 2 aromatic rings. The highest BCUT2D eigenvalue weighted by Crippen LogP contribution is 2.47. The van der Waals surface area contributed by atoms with Gasteiger partial charge in [-0.15, -0.1) is 0 Å². The number of fused-ring (bicyclic) bond motifs is 1. The number of carbonyl (C=O) groups is 2. The molecule has 1 aliphatic carbocycles. The standard InChI is InChI=1S/C21H21FN4O2/c22-13-6-7-17(23-10-13)20(27)24-19-15-11-25(12-16(15)19)18-8-9-26(21(18)28)14-4-2-1-3-5-14/h1-7,10,15-16,18-19H,8-9,11-12H2,(H,24,27)/t15-,16+,18?,19?. The van der Waals surface area contributed by atoms with Crippen molar-refractivity contribution in [2.45, 2.75) is 18.5 Å². The van der Waals surface area contributed by atoms with Crippen LogP contribution in [-0.2, 0) is 4.79 Å². The summed E-state index contributed by atoms with van der Waals surface area (Å²) >= 11 is 0. The first-order valence-electron chi connectivity index (χ1n) is 9.65. The summed E-state index contributed by atoms with van der Waals surface area (Å²) in [5, 5.41) is 3.00. The lowest BCUT2D eigenvalue weighted by Crippen LogP contribution is -2.44. The molecule has 7 heteroatoms. The van der Waals surface area contributed by atoms with Gasteiger partial charge in [0, 0.05) is 31.4 Å². The molecule has 1 saturated carbocycles. The summed E-state index contributed by atoms with van der Waals surface area (Å²) in [5.74, 6) is 0.203. The van der Waals surface area contributed by atoms with Crippen LogP contribution in [0.2, 0.25) is 0 Å². The van der Waals surface area contributed by atoms with E-state index in [0.717, 1.165) is 37.9 Å². The molecule has 5 rings (SSSR count). The van der Waals surface area contributed by atoms with Gasteiger partial charge in [-0.1, -0.05) is 18.2 Å². The molecule has 3 fully saturated rings. The monoisotopic (exact) mass is 380 g/mol. The Morgan fingerprint density at radius 3 is 2.54 bits per heavy atom. The number of halogens is 1. The lowest BCUT2D eigenvalue weighted by molar-refractivity contribution is -0.121. The number of amides is 2. The van der Waals surface area contributed by atoms with Gasteiger partial charge in [-0.05, 0) is 42.5 Å². The number of benzene rings is 1. The Kier molecular flexibility index (Phi) is 4.12. The van der Waals surface area contributed by atoms with Gasteiger partial charge in [0.05, 0.1) is 12.2 Å². The number of anilines is 1. The van der Waals surface area contributed by atoms with Crippen LogP contribution in [0.15, 0.2) is 48.7 Å². The molecule has 2 saturated heterocycles. The molecule has 0 spiro atoms. The van der Waals surface area contributed by atoms with Gasteiger partial charge in [-0.2, -0.15) is 0 Å². The zero-order valence-electron chi connectivity index (χ0n) is 15.3. The van der Waals surface area contributed by atoms with Crippen LogP contribution in [0.25, 0.3) is 0 Å². The maximum Gasteiger partial charge on any atom is 0.270 e. The Labute approximate surface area is 162 Å². The highest BCUT2D eigenvalue weighted by Gasteiger charge is 2.58. The largest absolute Gasteiger partial charge is 0.347 e. The Morgan fingerprint density at radius 1 is 1.11 bits per heavy atom. The molecule has 3 heterocycles. The molecule has 2 aliphatic heterocycles. The van der Waals surface area contributed by atoms with Crippen molar-refractivity contribution < 1.29 is 14.0 Å².